The van der Waals surface area contributed by atoms with Gasteiger partial charge in [-0.05, 0) is 37.8 Å². The molecular weight excluding hydrogens is 281 g/mol. The lowest BCUT2D eigenvalue weighted by Gasteiger charge is -2.30. The third kappa shape index (κ3) is 2.63. The maximum atomic E-state index is 13.9. The van der Waals surface area contributed by atoms with E-state index < -0.39 is 0 Å². The van der Waals surface area contributed by atoms with Crippen LogP contribution in [-0.2, 0) is 0 Å². The quantitative estimate of drug-likeness (QED) is 0.854. The zero-order valence-corrected chi connectivity index (χ0v) is 12.9. The summed E-state index contributed by atoms with van der Waals surface area (Å²) in [5.74, 6) is 0.172. The highest BCUT2D eigenvalue weighted by atomic mass is 19.1. The molecule has 5 heteroatoms. The molecular formula is C17H20FN3O. The molecule has 1 fully saturated rings. The number of benzene rings is 1. The van der Waals surface area contributed by atoms with E-state index in [1.165, 1.54) is 10.7 Å². The third-order valence-electron chi connectivity index (χ3n) is 4.27. The topological polar surface area (TPSA) is 38.1 Å². The molecule has 1 aliphatic rings. The molecule has 2 heterocycles. The van der Waals surface area contributed by atoms with E-state index in [0.717, 1.165) is 25.9 Å². The molecule has 0 aliphatic carbocycles. The van der Waals surface area contributed by atoms with Gasteiger partial charge < -0.3 is 4.90 Å². The molecule has 22 heavy (non-hydrogen) atoms. The summed E-state index contributed by atoms with van der Waals surface area (Å²) in [4.78, 5) is 14.6. The van der Waals surface area contributed by atoms with Crippen molar-refractivity contribution in [1.29, 1.82) is 0 Å². The first-order chi connectivity index (χ1) is 10.6. The number of aromatic nitrogens is 2. The van der Waals surface area contributed by atoms with Crippen LogP contribution in [0.4, 0.5) is 4.39 Å². The summed E-state index contributed by atoms with van der Waals surface area (Å²) in [6.07, 6.45) is 3.74. The second kappa shape index (κ2) is 5.91. The van der Waals surface area contributed by atoms with Crippen molar-refractivity contribution in [2.75, 3.05) is 13.1 Å². The zero-order chi connectivity index (χ0) is 15.7. The Morgan fingerprint density at radius 1 is 1.36 bits per heavy atom. The third-order valence-corrected chi connectivity index (χ3v) is 4.27. The van der Waals surface area contributed by atoms with E-state index in [0.29, 0.717) is 22.9 Å². The van der Waals surface area contributed by atoms with E-state index in [2.05, 4.69) is 12.0 Å². The minimum Gasteiger partial charge on any atom is -0.338 e. The molecule has 0 saturated carbocycles. The number of nitrogens with zero attached hydrogens (tertiary/aromatic N) is 3. The lowest BCUT2D eigenvalue weighted by Crippen LogP contribution is -2.39. The number of rotatable bonds is 2. The Labute approximate surface area is 129 Å². The van der Waals surface area contributed by atoms with Gasteiger partial charge in [0.2, 0.25) is 0 Å². The largest absolute Gasteiger partial charge is 0.338 e. The lowest BCUT2D eigenvalue weighted by molar-refractivity contribution is 0.0682. The van der Waals surface area contributed by atoms with Gasteiger partial charge in [0.15, 0.2) is 0 Å². The average Bonchev–Trinajstić information content (AvgIpc) is 2.88. The van der Waals surface area contributed by atoms with Gasteiger partial charge >= 0.3 is 0 Å². The number of carbonyl (C=O) groups excluding carboxylic acids is 1. The highest BCUT2D eigenvalue weighted by molar-refractivity contribution is 5.95. The summed E-state index contributed by atoms with van der Waals surface area (Å²) in [6, 6.07) is 6.45. The first-order valence-electron chi connectivity index (χ1n) is 7.66. The molecule has 2 aromatic rings. The normalized spacial score (nSPS) is 18.5. The first-order valence-corrected chi connectivity index (χ1v) is 7.66. The van der Waals surface area contributed by atoms with Gasteiger partial charge in [-0.25, -0.2) is 9.07 Å². The van der Waals surface area contributed by atoms with Crippen LogP contribution in [0.15, 0.2) is 30.5 Å². The molecule has 1 saturated heterocycles. The second-order valence-electron chi connectivity index (χ2n) is 6.01. The monoisotopic (exact) mass is 301 g/mol. The number of hydrogen-bond acceptors (Lipinski definition) is 2. The van der Waals surface area contributed by atoms with Crippen molar-refractivity contribution in [3.8, 4) is 5.69 Å². The molecule has 116 valence electrons. The fourth-order valence-electron chi connectivity index (χ4n) is 3.03. The minimum absolute atomic E-state index is 0.00774. The van der Waals surface area contributed by atoms with Crippen LogP contribution in [0, 0.1) is 18.7 Å². The number of piperidine rings is 1. The summed E-state index contributed by atoms with van der Waals surface area (Å²) in [6.45, 7) is 5.53. The number of likely N-dealkylation sites (tertiary alicyclic amines) is 1. The minimum atomic E-state index is -0.348. The van der Waals surface area contributed by atoms with E-state index in [9.17, 15) is 9.18 Å². The fourth-order valence-corrected chi connectivity index (χ4v) is 3.03. The average molecular weight is 301 g/mol. The lowest BCUT2D eigenvalue weighted by atomic mass is 9.99. The number of halogens is 1. The Morgan fingerprint density at radius 2 is 2.14 bits per heavy atom. The van der Waals surface area contributed by atoms with Crippen molar-refractivity contribution in [1.82, 2.24) is 14.7 Å². The molecule has 1 aromatic heterocycles. The van der Waals surface area contributed by atoms with Crippen LogP contribution in [0.3, 0.4) is 0 Å². The summed E-state index contributed by atoms with van der Waals surface area (Å²) in [5.41, 5.74) is 1.59. The standard InChI is InChI=1S/C17H20FN3O/c1-12-6-5-9-20(11-12)17(22)14-10-19-21(13(14)2)16-8-4-3-7-15(16)18/h3-4,7-8,10,12H,5-6,9,11H2,1-2H3. The van der Waals surface area contributed by atoms with Crippen LogP contribution >= 0.6 is 0 Å². The maximum Gasteiger partial charge on any atom is 0.257 e. The Kier molecular flexibility index (Phi) is 3.96. The van der Waals surface area contributed by atoms with Crippen LogP contribution in [-0.4, -0.2) is 33.7 Å². The predicted molar refractivity (Wildman–Crippen MR) is 82.6 cm³/mol. The van der Waals surface area contributed by atoms with Gasteiger partial charge in [0.05, 0.1) is 17.5 Å². The van der Waals surface area contributed by atoms with E-state index in [1.54, 1.807) is 31.3 Å². The van der Waals surface area contributed by atoms with E-state index in [1.807, 2.05) is 4.90 Å². The number of hydrogen-bond donors (Lipinski definition) is 0. The predicted octanol–water partition coefficient (Wildman–Crippen LogP) is 3.19. The van der Waals surface area contributed by atoms with Crippen molar-refractivity contribution in [2.45, 2.75) is 26.7 Å². The Balaban J connectivity index is 1.90. The SMILES string of the molecule is Cc1c(C(=O)N2CCCC(C)C2)cnn1-c1ccccc1F. The number of para-hydroxylation sites is 1. The molecule has 0 spiro atoms. The smallest absolute Gasteiger partial charge is 0.257 e. The van der Waals surface area contributed by atoms with Gasteiger partial charge in [-0.2, -0.15) is 5.10 Å². The number of amides is 1. The molecule has 0 N–H and O–H groups in total. The van der Waals surface area contributed by atoms with Crippen molar-refractivity contribution in [3.63, 3.8) is 0 Å². The van der Waals surface area contributed by atoms with E-state index >= 15 is 0 Å². The van der Waals surface area contributed by atoms with Gasteiger partial charge in [-0.3, -0.25) is 4.79 Å². The van der Waals surface area contributed by atoms with Crippen LogP contribution in [0.2, 0.25) is 0 Å². The van der Waals surface area contributed by atoms with Crippen LogP contribution < -0.4 is 0 Å². The van der Waals surface area contributed by atoms with Crippen LogP contribution in [0.5, 0.6) is 0 Å². The summed E-state index contributed by atoms with van der Waals surface area (Å²) in [7, 11) is 0. The second-order valence-corrected chi connectivity index (χ2v) is 6.01. The van der Waals surface area contributed by atoms with Crippen LogP contribution in [0.1, 0.15) is 35.8 Å². The van der Waals surface area contributed by atoms with E-state index in [4.69, 9.17) is 0 Å². The van der Waals surface area contributed by atoms with Gasteiger partial charge in [0, 0.05) is 13.1 Å². The van der Waals surface area contributed by atoms with Gasteiger partial charge in [-0.1, -0.05) is 19.1 Å². The van der Waals surface area contributed by atoms with Crippen molar-refractivity contribution < 1.29 is 9.18 Å². The Morgan fingerprint density at radius 3 is 2.86 bits per heavy atom. The molecule has 0 radical (unpaired) electrons. The van der Waals surface area contributed by atoms with Crippen molar-refractivity contribution in [2.24, 2.45) is 5.92 Å². The van der Waals surface area contributed by atoms with Gasteiger partial charge in [0.1, 0.15) is 11.5 Å². The Hall–Kier alpha value is -2.17. The summed E-state index contributed by atoms with van der Waals surface area (Å²) >= 11 is 0. The molecule has 0 bridgehead atoms. The summed E-state index contributed by atoms with van der Waals surface area (Å²) in [5, 5.41) is 4.21. The van der Waals surface area contributed by atoms with Gasteiger partial charge in [0.25, 0.3) is 5.91 Å². The van der Waals surface area contributed by atoms with Crippen molar-refractivity contribution >= 4 is 5.91 Å². The highest BCUT2D eigenvalue weighted by Crippen LogP contribution is 2.21. The zero-order valence-electron chi connectivity index (χ0n) is 12.9. The first kappa shape index (κ1) is 14.8. The maximum absolute atomic E-state index is 13.9. The molecule has 1 amide bonds. The van der Waals surface area contributed by atoms with Gasteiger partial charge in [-0.15, -0.1) is 0 Å². The molecule has 1 aromatic carbocycles. The summed E-state index contributed by atoms with van der Waals surface area (Å²) < 4.78 is 15.4. The van der Waals surface area contributed by atoms with E-state index in [-0.39, 0.29) is 11.7 Å². The van der Waals surface area contributed by atoms with Crippen molar-refractivity contribution in [3.05, 3.63) is 47.5 Å². The highest BCUT2D eigenvalue weighted by Gasteiger charge is 2.25. The number of carbonyl (C=O) groups is 1. The fraction of sp³-hybridized carbons (Fsp3) is 0.412. The molecule has 3 rings (SSSR count). The molecule has 1 aliphatic heterocycles. The molecule has 1 unspecified atom stereocenters. The molecule has 1 atom stereocenters. The van der Waals surface area contributed by atoms with Crippen LogP contribution in [0.25, 0.3) is 5.69 Å². The Bertz CT molecular complexity index is 695. The molecule has 4 nitrogen and oxygen atoms in total.